The van der Waals surface area contributed by atoms with E-state index >= 15 is 0 Å². The van der Waals surface area contributed by atoms with Gasteiger partial charge in [-0.05, 0) is 25.0 Å². The molecule has 1 N–H and O–H groups in total. The monoisotopic (exact) mass is 455 g/mol. The number of anilines is 1. The molecule has 10 heteroatoms. The van der Waals surface area contributed by atoms with Crippen molar-refractivity contribution in [1.82, 2.24) is 19.6 Å². The van der Waals surface area contributed by atoms with Crippen molar-refractivity contribution in [3.05, 3.63) is 30.3 Å². The molecule has 3 aliphatic rings. The van der Waals surface area contributed by atoms with Crippen LogP contribution in [0, 0.1) is 5.92 Å². The first kappa shape index (κ1) is 22.8. The normalized spacial score (nSPS) is 21.4. The molecule has 6 amide bonds. The lowest BCUT2D eigenvalue weighted by atomic mass is 9.96. The molecular weight excluding hydrogens is 426 g/mol. The predicted molar refractivity (Wildman–Crippen MR) is 119 cm³/mol. The summed E-state index contributed by atoms with van der Waals surface area (Å²) in [6.45, 7) is 2.30. The van der Waals surface area contributed by atoms with Gasteiger partial charge in [-0.3, -0.25) is 24.1 Å². The molecule has 3 aliphatic heterocycles. The van der Waals surface area contributed by atoms with Gasteiger partial charge in [0.05, 0.1) is 5.92 Å². The van der Waals surface area contributed by atoms with Crippen molar-refractivity contribution in [3.63, 3.8) is 0 Å². The number of para-hydroxylation sites is 1. The summed E-state index contributed by atoms with van der Waals surface area (Å²) < 4.78 is 0. The number of nitrogens with one attached hydrogen (secondary N) is 1. The number of rotatable bonds is 4. The number of hydrogen-bond donors (Lipinski definition) is 1. The summed E-state index contributed by atoms with van der Waals surface area (Å²) in [4.78, 5) is 67.8. The summed E-state index contributed by atoms with van der Waals surface area (Å²) in [5, 5.41) is 2.87. The Morgan fingerprint density at radius 3 is 2.15 bits per heavy atom. The Bertz CT molecular complexity index is 912. The maximum absolute atomic E-state index is 13.1. The van der Waals surface area contributed by atoms with Gasteiger partial charge in [-0.15, -0.1) is 0 Å². The first-order valence-corrected chi connectivity index (χ1v) is 11.4. The van der Waals surface area contributed by atoms with Gasteiger partial charge in [-0.25, -0.2) is 4.79 Å². The molecule has 3 saturated heterocycles. The maximum atomic E-state index is 13.1. The summed E-state index contributed by atoms with van der Waals surface area (Å²) in [5.41, 5.74) is 0.717. The van der Waals surface area contributed by atoms with Crippen LogP contribution in [0.5, 0.6) is 0 Å². The molecule has 3 fully saturated rings. The third-order valence-corrected chi connectivity index (χ3v) is 6.48. The van der Waals surface area contributed by atoms with Crippen molar-refractivity contribution >= 4 is 35.3 Å². The fourth-order valence-electron chi connectivity index (χ4n) is 4.56. The lowest BCUT2D eigenvalue weighted by Gasteiger charge is -2.39. The van der Waals surface area contributed by atoms with Crippen molar-refractivity contribution in [2.45, 2.75) is 25.7 Å². The van der Waals surface area contributed by atoms with Crippen LogP contribution in [0.15, 0.2) is 30.3 Å². The summed E-state index contributed by atoms with van der Waals surface area (Å²) in [6.07, 6.45) is 1.81. The summed E-state index contributed by atoms with van der Waals surface area (Å²) in [5.74, 6) is -1.14. The zero-order valence-corrected chi connectivity index (χ0v) is 18.6. The first-order valence-electron chi connectivity index (χ1n) is 11.4. The van der Waals surface area contributed by atoms with E-state index in [1.54, 1.807) is 14.7 Å². The average molecular weight is 456 g/mol. The van der Waals surface area contributed by atoms with Crippen LogP contribution < -0.4 is 5.32 Å². The molecule has 10 nitrogen and oxygen atoms in total. The highest BCUT2D eigenvalue weighted by Crippen LogP contribution is 2.21. The van der Waals surface area contributed by atoms with Gasteiger partial charge in [0.1, 0.15) is 6.54 Å². The van der Waals surface area contributed by atoms with Crippen LogP contribution in [-0.2, 0) is 19.2 Å². The van der Waals surface area contributed by atoms with E-state index in [9.17, 15) is 24.0 Å². The van der Waals surface area contributed by atoms with E-state index in [0.717, 1.165) is 17.7 Å². The second kappa shape index (κ2) is 10.0. The molecule has 176 valence electrons. The summed E-state index contributed by atoms with van der Waals surface area (Å²) >= 11 is 0. The van der Waals surface area contributed by atoms with Gasteiger partial charge in [0.25, 0.3) is 0 Å². The van der Waals surface area contributed by atoms with Crippen molar-refractivity contribution < 1.29 is 24.0 Å². The van der Waals surface area contributed by atoms with Crippen LogP contribution in [0.25, 0.3) is 0 Å². The zero-order valence-electron chi connectivity index (χ0n) is 18.6. The standard InChI is InChI=1S/C23H29N5O5/c29-19-8-9-20(30)28(19)16-21(31)25-11-13-26(14-12-25)22(32)17-5-4-10-27(15-17)23(33)24-18-6-2-1-3-7-18/h1-3,6-7,17H,4-5,8-16H2,(H,24,33). The number of carbonyl (C=O) groups is 5. The molecule has 4 rings (SSSR count). The fourth-order valence-corrected chi connectivity index (χ4v) is 4.56. The van der Waals surface area contributed by atoms with Crippen molar-refractivity contribution in [1.29, 1.82) is 0 Å². The second-order valence-corrected chi connectivity index (χ2v) is 8.66. The van der Waals surface area contributed by atoms with Gasteiger partial charge >= 0.3 is 6.03 Å². The molecule has 1 unspecified atom stereocenters. The number of likely N-dealkylation sites (tertiary alicyclic amines) is 2. The van der Waals surface area contributed by atoms with Gasteiger partial charge in [0.15, 0.2) is 0 Å². The average Bonchev–Trinajstić information content (AvgIpc) is 3.16. The Balaban J connectivity index is 1.26. The topological polar surface area (TPSA) is 110 Å². The Morgan fingerprint density at radius 2 is 1.48 bits per heavy atom. The van der Waals surface area contributed by atoms with Crippen LogP contribution in [-0.4, -0.2) is 95.1 Å². The van der Waals surface area contributed by atoms with Crippen molar-refractivity contribution in [2.24, 2.45) is 5.92 Å². The summed E-state index contributed by atoms with van der Waals surface area (Å²) in [6, 6.07) is 9.01. The number of piperidine rings is 1. The van der Waals surface area contributed by atoms with Crippen molar-refractivity contribution in [2.75, 3.05) is 51.1 Å². The maximum Gasteiger partial charge on any atom is 0.321 e. The molecule has 33 heavy (non-hydrogen) atoms. The molecule has 0 saturated carbocycles. The van der Waals surface area contributed by atoms with E-state index in [0.29, 0.717) is 45.0 Å². The molecule has 1 aromatic carbocycles. The number of nitrogens with zero attached hydrogens (tertiary/aromatic N) is 4. The van der Waals surface area contributed by atoms with E-state index in [-0.39, 0.29) is 55.0 Å². The highest BCUT2D eigenvalue weighted by Gasteiger charge is 2.35. The van der Waals surface area contributed by atoms with Crippen LogP contribution in [0.4, 0.5) is 10.5 Å². The summed E-state index contributed by atoms with van der Waals surface area (Å²) in [7, 11) is 0. The molecule has 3 heterocycles. The molecule has 1 aromatic rings. The largest absolute Gasteiger partial charge is 0.339 e. The number of urea groups is 1. The van der Waals surface area contributed by atoms with Crippen LogP contribution in [0.3, 0.4) is 0 Å². The predicted octanol–water partition coefficient (Wildman–Crippen LogP) is 0.750. The molecule has 0 aliphatic carbocycles. The number of carbonyl (C=O) groups excluding carboxylic acids is 5. The van der Waals surface area contributed by atoms with Gasteiger partial charge in [0, 0.05) is 57.8 Å². The lowest BCUT2D eigenvalue weighted by molar-refractivity contribution is -0.147. The molecule has 0 radical (unpaired) electrons. The quantitative estimate of drug-likeness (QED) is 0.674. The highest BCUT2D eigenvalue weighted by molar-refractivity contribution is 6.04. The number of imide groups is 1. The van der Waals surface area contributed by atoms with Crippen molar-refractivity contribution in [3.8, 4) is 0 Å². The minimum absolute atomic E-state index is 0.00390. The zero-order chi connectivity index (χ0) is 23.4. The smallest absolute Gasteiger partial charge is 0.321 e. The van der Waals surface area contributed by atoms with Crippen LogP contribution >= 0.6 is 0 Å². The SMILES string of the molecule is O=C(CN1C(=O)CCC1=O)N1CCN(C(=O)C2CCCN(C(=O)Nc3ccccc3)C2)CC1. The van der Waals surface area contributed by atoms with E-state index in [1.165, 1.54) is 0 Å². The van der Waals surface area contributed by atoms with Gasteiger partial charge in [-0.2, -0.15) is 0 Å². The Morgan fingerprint density at radius 1 is 0.848 bits per heavy atom. The fraction of sp³-hybridized carbons (Fsp3) is 0.522. The van der Waals surface area contributed by atoms with Gasteiger partial charge < -0.3 is 20.0 Å². The third kappa shape index (κ3) is 5.32. The number of hydrogen-bond acceptors (Lipinski definition) is 5. The van der Waals surface area contributed by atoms with E-state index in [2.05, 4.69) is 5.32 Å². The molecule has 1 atom stereocenters. The highest BCUT2D eigenvalue weighted by atomic mass is 16.2. The number of benzene rings is 1. The molecule has 0 spiro atoms. The number of piperazine rings is 1. The minimum Gasteiger partial charge on any atom is -0.339 e. The first-order chi connectivity index (χ1) is 15.9. The third-order valence-electron chi connectivity index (χ3n) is 6.48. The number of amides is 6. The van der Waals surface area contributed by atoms with E-state index < -0.39 is 0 Å². The Hall–Kier alpha value is -3.43. The van der Waals surface area contributed by atoms with Crippen LogP contribution in [0.1, 0.15) is 25.7 Å². The minimum atomic E-state index is -0.305. The molecule has 0 aromatic heterocycles. The Kier molecular flexibility index (Phi) is 6.90. The van der Waals surface area contributed by atoms with Crippen LogP contribution in [0.2, 0.25) is 0 Å². The van der Waals surface area contributed by atoms with E-state index in [4.69, 9.17) is 0 Å². The van der Waals surface area contributed by atoms with Gasteiger partial charge in [0.2, 0.25) is 23.6 Å². The second-order valence-electron chi connectivity index (χ2n) is 8.66. The Labute approximate surface area is 192 Å². The van der Waals surface area contributed by atoms with E-state index in [1.807, 2.05) is 30.3 Å². The van der Waals surface area contributed by atoms with Gasteiger partial charge in [-0.1, -0.05) is 18.2 Å². The molecule has 0 bridgehead atoms. The molecular formula is C23H29N5O5. The lowest BCUT2D eigenvalue weighted by Crippen LogP contribution is -2.55.